The molecule has 0 radical (unpaired) electrons. The highest BCUT2D eigenvalue weighted by Crippen LogP contribution is 2.22. The van der Waals surface area contributed by atoms with Crippen LogP contribution in [0.5, 0.6) is 0 Å². The molecule has 22 heavy (non-hydrogen) atoms. The first kappa shape index (κ1) is 14.7. The van der Waals surface area contributed by atoms with Crippen molar-refractivity contribution in [2.75, 3.05) is 0 Å². The maximum absolute atomic E-state index is 11.8. The van der Waals surface area contributed by atoms with Gasteiger partial charge in [0.25, 0.3) is 0 Å². The normalized spacial score (nSPS) is 10.6. The van der Waals surface area contributed by atoms with Gasteiger partial charge in [0.15, 0.2) is 0 Å². The second-order valence-electron chi connectivity index (χ2n) is 4.92. The van der Waals surface area contributed by atoms with Crippen molar-refractivity contribution in [3.05, 3.63) is 70.3 Å². The maximum atomic E-state index is 11.8. The van der Waals surface area contributed by atoms with Gasteiger partial charge in [-0.25, -0.2) is 4.79 Å². The third-order valence-electron chi connectivity index (χ3n) is 3.37. The van der Waals surface area contributed by atoms with Crippen molar-refractivity contribution >= 4 is 32.9 Å². The number of fused-ring (bicyclic) bond motifs is 1. The van der Waals surface area contributed by atoms with E-state index in [1.165, 1.54) is 0 Å². The van der Waals surface area contributed by atoms with Crippen molar-refractivity contribution in [3.8, 4) is 0 Å². The molecule has 3 aromatic rings. The number of aromatic nitrogens is 1. The topological polar surface area (TPSA) is 54.1 Å². The Morgan fingerprint density at radius 2 is 2.00 bits per heavy atom. The van der Waals surface area contributed by atoms with E-state index in [1.807, 2.05) is 54.7 Å². The molecule has 2 N–H and O–H groups in total. The average Bonchev–Trinajstić information content (AvgIpc) is 2.94. The second-order valence-corrected chi connectivity index (χ2v) is 5.83. The van der Waals surface area contributed by atoms with E-state index in [0.717, 1.165) is 26.5 Å². The lowest BCUT2D eigenvalue weighted by atomic mass is 10.2. The average molecular weight is 359 g/mol. The highest BCUT2D eigenvalue weighted by atomic mass is 79.9. The minimum absolute atomic E-state index is 0.271. The number of hydrogen-bond acceptors (Lipinski definition) is 2. The SMILES string of the molecule is O=C(NCc1c[nH]c2cc(Br)ccc12)OCc1ccccc1. The number of hydrogen-bond donors (Lipinski definition) is 2. The third kappa shape index (κ3) is 3.49. The Bertz CT molecular complexity index is 784. The van der Waals surface area contributed by atoms with Crippen LogP contribution in [0.15, 0.2) is 59.2 Å². The van der Waals surface area contributed by atoms with Gasteiger partial charge in [-0.15, -0.1) is 0 Å². The van der Waals surface area contributed by atoms with Crippen LogP contribution in [0.2, 0.25) is 0 Å². The molecule has 1 amide bonds. The van der Waals surface area contributed by atoms with Crippen LogP contribution in [0.25, 0.3) is 10.9 Å². The van der Waals surface area contributed by atoms with E-state index >= 15 is 0 Å². The van der Waals surface area contributed by atoms with Crippen LogP contribution in [-0.4, -0.2) is 11.1 Å². The van der Waals surface area contributed by atoms with Crippen LogP contribution in [0.3, 0.4) is 0 Å². The van der Waals surface area contributed by atoms with Crippen LogP contribution in [0, 0.1) is 0 Å². The van der Waals surface area contributed by atoms with Crippen LogP contribution >= 0.6 is 15.9 Å². The van der Waals surface area contributed by atoms with Crippen molar-refractivity contribution in [3.63, 3.8) is 0 Å². The second kappa shape index (κ2) is 6.66. The summed E-state index contributed by atoms with van der Waals surface area (Å²) >= 11 is 3.44. The zero-order chi connectivity index (χ0) is 15.4. The number of benzene rings is 2. The maximum Gasteiger partial charge on any atom is 0.407 e. The minimum atomic E-state index is -0.421. The molecule has 0 unspecified atom stereocenters. The number of nitrogens with one attached hydrogen (secondary N) is 2. The zero-order valence-electron chi connectivity index (χ0n) is 11.8. The van der Waals surface area contributed by atoms with E-state index in [1.54, 1.807) is 0 Å². The summed E-state index contributed by atoms with van der Waals surface area (Å²) in [7, 11) is 0. The van der Waals surface area contributed by atoms with Crippen molar-refractivity contribution in [1.29, 1.82) is 0 Å². The predicted molar refractivity (Wildman–Crippen MR) is 89.5 cm³/mol. The molecule has 2 aromatic carbocycles. The standard InChI is InChI=1S/C17H15BrN2O2/c18-14-6-7-15-13(9-19-16(15)8-14)10-20-17(21)22-11-12-4-2-1-3-5-12/h1-9,19H,10-11H2,(H,20,21). The summed E-state index contributed by atoms with van der Waals surface area (Å²) in [6.45, 7) is 0.697. The van der Waals surface area contributed by atoms with Gasteiger partial charge < -0.3 is 15.0 Å². The van der Waals surface area contributed by atoms with E-state index in [0.29, 0.717) is 6.54 Å². The van der Waals surface area contributed by atoms with E-state index in [2.05, 4.69) is 26.2 Å². The summed E-state index contributed by atoms with van der Waals surface area (Å²) in [5, 5.41) is 3.86. The van der Waals surface area contributed by atoms with Gasteiger partial charge in [0.1, 0.15) is 6.61 Å². The summed E-state index contributed by atoms with van der Waals surface area (Å²) in [5.74, 6) is 0. The number of halogens is 1. The fraction of sp³-hybridized carbons (Fsp3) is 0.118. The lowest BCUT2D eigenvalue weighted by Gasteiger charge is -2.06. The number of ether oxygens (including phenoxy) is 1. The highest BCUT2D eigenvalue weighted by Gasteiger charge is 2.07. The van der Waals surface area contributed by atoms with E-state index < -0.39 is 6.09 Å². The van der Waals surface area contributed by atoms with Gasteiger partial charge in [-0.2, -0.15) is 0 Å². The molecule has 0 spiro atoms. The number of alkyl carbamates (subject to hydrolysis) is 1. The number of H-pyrrole nitrogens is 1. The molecular weight excluding hydrogens is 344 g/mol. The highest BCUT2D eigenvalue weighted by molar-refractivity contribution is 9.10. The van der Waals surface area contributed by atoms with Gasteiger partial charge in [-0.05, 0) is 23.3 Å². The monoisotopic (exact) mass is 358 g/mol. The Labute approximate surface area is 136 Å². The minimum Gasteiger partial charge on any atom is -0.445 e. The molecule has 0 atom stereocenters. The Morgan fingerprint density at radius 1 is 1.18 bits per heavy atom. The largest absolute Gasteiger partial charge is 0.445 e. The van der Waals surface area contributed by atoms with Gasteiger partial charge in [-0.3, -0.25) is 0 Å². The molecule has 3 rings (SSSR count). The summed E-state index contributed by atoms with van der Waals surface area (Å²) in [6.07, 6.45) is 1.48. The summed E-state index contributed by atoms with van der Waals surface area (Å²) in [4.78, 5) is 14.9. The van der Waals surface area contributed by atoms with Crippen molar-refractivity contribution in [2.45, 2.75) is 13.2 Å². The Morgan fingerprint density at radius 3 is 2.82 bits per heavy atom. The molecular formula is C17H15BrN2O2. The lowest BCUT2D eigenvalue weighted by molar-refractivity contribution is 0.139. The van der Waals surface area contributed by atoms with Gasteiger partial charge in [0.2, 0.25) is 0 Å². The number of rotatable bonds is 4. The molecule has 1 aromatic heterocycles. The first-order chi connectivity index (χ1) is 10.7. The molecule has 0 aliphatic carbocycles. The summed E-state index contributed by atoms with van der Waals surface area (Å²) in [6, 6.07) is 15.6. The molecule has 1 heterocycles. The molecule has 112 valence electrons. The van der Waals surface area contributed by atoms with Crippen molar-refractivity contribution in [2.24, 2.45) is 0 Å². The fourth-order valence-corrected chi connectivity index (χ4v) is 2.61. The molecule has 0 fully saturated rings. The molecule has 0 saturated heterocycles. The van der Waals surface area contributed by atoms with Crippen LogP contribution in [-0.2, 0) is 17.9 Å². The zero-order valence-corrected chi connectivity index (χ0v) is 13.4. The van der Waals surface area contributed by atoms with Crippen LogP contribution in [0.1, 0.15) is 11.1 Å². The van der Waals surface area contributed by atoms with Gasteiger partial charge in [0, 0.05) is 28.1 Å². The van der Waals surface area contributed by atoms with Crippen molar-refractivity contribution < 1.29 is 9.53 Å². The van der Waals surface area contributed by atoms with E-state index in [4.69, 9.17) is 4.74 Å². The number of amides is 1. The fourth-order valence-electron chi connectivity index (χ4n) is 2.25. The Kier molecular flexibility index (Phi) is 4.44. The number of aromatic amines is 1. The Balaban J connectivity index is 1.56. The summed E-state index contributed by atoms with van der Waals surface area (Å²) < 4.78 is 6.21. The van der Waals surface area contributed by atoms with Gasteiger partial charge in [0.05, 0.1) is 0 Å². The Hall–Kier alpha value is -2.27. The van der Waals surface area contributed by atoms with E-state index in [-0.39, 0.29) is 6.61 Å². The number of carbonyl (C=O) groups is 1. The smallest absolute Gasteiger partial charge is 0.407 e. The molecule has 0 aliphatic rings. The molecule has 4 nitrogen and oxygen atoms in total. The third-order valence-corrected chi connectivity index (χ3v) is 3.86. The molecule has 0 bridgehead atoms. The van der Waals surface area contributed by atoms with Crippen LogP contribution in [0.4, 0.5) is 4.79 Å². The van der Waals surface area contributed by atoms with Gasteiger partial charge >= 0.3 is 6.09 Å². The van der Waals surface area contributed by atoms with Crippen molar-refractivity contribution in [1.82, 2.24) is 10.3 Å². The first-order valence-corrected chi connectivity index (χ1v) is 7.72. The predicted octanol–water partition coefficient (Wildman–Crippen LogP) is 4.36. The lowest BCUT2D eigenvalue weighted by Crippen LogP contribution is -2.23. The molecule has 5 heteroatoms. The molecule has 0 aliphatic heterocycles. The quantitative estimate of drug-likeness (QED) is 0.727. The van der Waals surface area contributed by atoms with Crippen LogP contribution < -0.4 is 5.32 Å². The summed E-state index contributed by atoms with van der Waals surface area (Å²) in [5.41, 5.74) is 3.03. The van der Waals surface area contributed by atoms with E-state index in [9.17, 15) is 4.79 Å². The van der Waals surface area contributed by atoms with Gasteiger partial charge in [-0.1, -0.05) is 52.3 Å². The number of carbonyl (C=O) groups excluding carboxylic acids is 1. The molecule has 0 saturated carbocycles. The first-order valence-electron chi connectivity index (χ1n) is 6.92.